The third-order valence-electron chi connectivity index (χ3n) is 4.28. The standard InChI is InChI=1S/C14H27N3O3/c1-12(14(19)15-11-13-3-2-10-20-13)17-6-4-16(5-7-17)8-9-18/h12-13,18H,2-11H2,1H3,(H,15,19)/t12-,13+/m1/s1. The van der Waals surface area contributed by atoms with Gasteiger partial charge < -0.3 is 15.2 Å². The smallest absolute Gasteiger partial charge is 0.237 e. The minimum atomic E-state index is -0.0901. The van der Waals surface area contributed by atoms with Gasteiger partial charge in [0.2, 0.25) is 5.91 Å². The molecule has 116 valence electrons. The maximum atomic E-state index is 12.1. The monoisotopic (exact) mass is 285 g/mol. The molecule has 6 nitrogen and oxygen atoms in total. The van der Waals surface area contributed by atoms with Crippen LogP contribution < -0.4 is 5.32 Å². The summed E-state index contributed by atoms with van der Waals surface area (Å²) in [6.07, 6.45) is 2.35. The zero-order chi connectivity index (χ0) is 14.4. The fourth-order valence-corrected chi connectivity index (χ4v) is 2.85. The lowest BCUT2D eigenvalue weighted by molar-refractivity contribution is -0.127. The van der Waals surface area contributed by atoms with Crippen LogP contribution in [-0.2, 0) is 9.53 Å². The van der Waals surface area contributed by atoms with E-state index in [2.05, 4.69) is 15.1 Å². The molecule has 0 aromatic rings. The van der Waals surface area contributed by atoms with Gasteiger partial charge in [0, 0.05) is 45.9 Å². The highest BCUT2D eigenvalue weighted by atomic mass is 16.5. The summed E-state index contributed by atoms with van der Waals surface area (Å²) in [5.41, 5.74) is 0. The molecule has 0 saturated carbocycles. The first-order valence-corrected chi connectivity index (χ1v) is 7.67. The zero-order valence-electron chi connectivity index (χ0n) is 12.4. The molecule has 0 aromatic heterocycles. The fraction of sp³-hybridized carbons (Fsp3) is 0.929. The Morgan fingerprint density at radius 2 is 2.15 bits per heavy atom. The van der Waals surface area contributed by atoms with Crippen LogP contribution >= 0.6 is 0 Å². The lowest BCUT2D eigenvalue weighted by atomic mass is 10.2. The maximum absolute atomic E-state index is 12.1. The van der Waals surface area contributed by atoms with E-state index in [4.69, 9.17) is 9.84 Å². The summed E-state index contributed by atoms with van der Waals surface area (Å²) >= 11 is 0. The SMILES string of the molecule is C[C@H](C(=O)NC[C@@H]1CCCO1)N1CCN(CCO)CC1. The molecule has 0 aromatic carbocycles. The molecule has 2 aliphatic heterocycles. The molecule has 6 heteroatoms. The third-order valence-corrected chi connectivity index (χ3v) is 4.28. The molecular formula is C14H27N3O3. The molecule has 0 spiro atoms. The van der Waals surface area contributed by atoms with Crippen LogP contribution in [0.1, 0.15) is 19.8 Å². The van der Waals surface area contributed by atoms with Gasteiger partial charge in [-0.3, -0.25) is 14.6 Å². The number of aliphatic hydroxyl groups is 1. The van der Waals surface area contributed by atoms with E-state index in [9.17, 15) is 4.79 Å². The number of hydrogen-bond acceptors (Lipinski definition) is 5. The highest BCUT2D eigenvalue weighted by Crippen LogP contribution is 2.11. The van der Waals surface area contributed by atoms with Crippen molar-refractivity contribution in [3.8, 4) is 0 Å². The first kappa shape index (κ1) is 15.7. The number of nitrogens with one attached hydrogen (secondary N) is 1. The molecule has 0 bridgehead atoms. The van der Waals surface area contributed by atoms with Crippen LogP contribution in [0.5, 0.6) is 0 Å². The lowest BCUT2D eigenvalue weighted by Crippen LogP contribution is -2.54. The Labute approximate surface area is 121 Å². The van der Waals surface area contributed by atoms with Crippen molar-refractivity contribution in [1.82, 2.24) is 15.1 Å². The molecule has 0 radical (unpaired) electrons. The van der Waals surface area contributed by atoms with Gasteiger partial charge in [-0.2, -0.15) is 0 Å². The Balaban J connectivity index is 1.67. The number of ether oxygens (including phenoxy) is 1. The Bertz CT molecular complexity index is 300. The van der Waals surface area contributed by atoms with E-state index in [-0.39, 0.29) is 24.7 Å². The number of β-amino-alcohol motifs (C(OH)–C–C–N with tert-alkyl or cyclic N) is 1. The van der Waals surface area contributed by atoms with Crippen LogP contribution in [0.2, 0.25) is 0 Å². The van der Waals surface area contributed by atoms with Crippen molar-refractivity contribution >= 4 is 5.91 Å². The van der Waals surface area contributed by atoms with E-state index >= 15 is 0 Å². The van der Waals surface area contributed by atoms with E-state index in [0.29, 0.717) is 6.54 Å². The summed E-state index contributed by atoms with van der Waals surface area (Å²) in [6, 6.07) is -0.0901. The summed E-state index contributed by atoms with van der Waals surface area (Å²) < 4.78 is 5.51. The molecule has 2 atom stereocenters. The van der Waals surface area contributed by atoms with E-state index in [0.717, 1.165) is 52.2 Å². The second kappa shape index (κ2) is 7.93. The Morgan fingerprint density at radius 1 is 1.40 bits per heavy atom. The summed E-state index contributed by atoms with van der Waals surface area (Å²) in [5, 5.41) is 11.9. The average molecular weight is 285 g/mol. The minimum absolute atomic E-state index is 0.0901. The molecule has 2 saturated heterocycles. The number of amides is 1. The molecular weight excluding hydrogens is 258 g/mol. The van der Waals surface area contributed by atoms with Gasteiger partial charge in [0.25, 0.3) is 0 Å². The van der Waals surface area contributed by atoms with Gasteiger partial charge in [-0.15, -0.1) is 0 Å². The van der Waals surface area contributed by atoms with Crippen LogP contribution in [0, 0.1) is 0 Å². The van der Waals surface area contributed by atoms with Gasteiger partial charge >= 0.3 is 0 Å². The van der Waals surface area contributed by atoms with Crippen LogP contribution in [-0.4, -0.2) is 85.4 Å². The van der Waals surface area contributed by atoms with Crippen molar-refractivity contribution in [2.45, 2.75) is 31.9 Å². The van der Waals surface area contributed by atoms with Crippen molar-refractivity contribution in [3.05, 3.63) is 0 Å². The first-order chi connectivity index (χ1) is 9.70. The second-order valence-electron chi connectivity index (χ2n) is 5.66. The fourth-order valence-electron chi connectivity index (χ4n) is 2.85. The van der Waals surface area contributed by atoms with Gasteiger partial charge in [0.15, 0.2) is 0 Å². The Morgan fingerprint density at radius 3 is 2.75 bits per heavy atom. The molecule has 20 heavy (non-hydrogen) atoms. The molecule has 2 rings (SSSR count). The number of rotatable bonds is 6. The van der Waals surface area contributed by atoms with Crippen molar-refractivity contribution in [2.75, 3.05) is 52.5 Å². The summed E-state index contributed by atoms with van der Waals surface area (Å²) in [4.78, 5) is 16.6. The van der Waals surface area contributed by atoms with E-state index < -0.39 is 0 Å². The highest BCUT2D eigenvalue weighted by Gasteiger charge is 2.26. The predicted octanol–water partition coefficient (Wildman–Crippen LogP) is -0.720. The van der Waals surface area contributed by atoms with Crippen molar-refractivity contribution in [1.29, 1.82) is 0 Å². The minimum Gasteiger partial charge on any atom is -0.395 e. The van der Waals surface area contributed by atoms with Gasteiger partial charge in [-0.25, -0.2) is 0 Å². The van der Waals surface area contributed by atoms with E-state index in [1.165, 1.54) is 0 Å². The van der Waals surface area contributed by atoms with E-state index in [1.807, 2.05) is 6.92 Å². The maximum Gasteiger partial charge on any atom is 0.237 e. The second-order valence-corrected chi connectivity index (χ2v) is 5.66. The molecule has 0 aliphatic carbocycles. The number of nitrogens with zero attached hydrogens (tertiary/aromatic N) is 2. The normalized spacial score (nSPS) is 26.6. The van der Waals surface area contributed by atoms with Crippen molar-refractivity contribution in [3.63, 3.8) is 0 Å². The highest BCUT2D eigenvalue weighted by molar-refractivity contribution is 5.81. The topological polar surface area (TPSA) is 65.0 Å². The summed E-state index contributed by atoms with van der Waals surface area (Å²) in [6.45, 7) is 7.96. The Hall–Kier alpha value is -0.690. The number of aliphatic hydroxyl groups excluding tert-OH is 1. The molecule has 2 N–H and O–H groups in total. The van der Waals surface area contributed by atoms with Crippen LogP contribution in [0.15, 0.2) is 0 Å². The lowest BCUT2D eigenvalue weighted by Gasteiger charge is -2.37. The molecule has 2 heterocycles. The Kier molecular flexibility index (Phi) is 6.22. The summed E-state index contributed by atoms with van der Waals surface area (Å²) in [7, 11) is 0. The van der Waals surface area contributed by atoms with Gasteiger partial charge in [-0.05, 0) is 19.8 Å². The van der Waals surface area contributed by atoms with Crippen LogP contribution in [0.25, 0.3) is 0 Å². The first-order valence-electron chi connectivity index (χ1n) is 7.67. The van der Waals surface area contributed by atoms with Gasteiger partial charge in [-0.1, -0.05) is 0 Å². The molecule has 2 aliphatic rings. The predicted molar refractivity (Wildman–Crippen MR) is 76.5 cm³/mol. The molecule has 0 unspecified atom stereocenters. The molecule has 2 fully saturated rings. The number of piperazine rings is 1. The molecule has 1 amide bonds. The largest absolute Gasteiger partial charge is 0.395 e. The van der Waals surface area contributed by atoms with Crippen molar-refractivity contribution < 1.29 is 14.6 Å². The summed E-state index contributed by atoms with van der Waals surface area (Å²) in [5.74, 6) is 0.0936. The number of hydrogen-bond donors (Lipinski definition) is 2. The number of carbonyl (C=O) groups is 1. The quantitative estimate of drug-likeness (QED) is 0.674. The zero-order valence-corrected chi connectivity index (χ0v) is 12.4. The van der Waals surface area contributed by atoms with Gasteiger partial charge in [0.05, 0.1) is 18.8 Å². The third kappa shape index (κ3) is 4.41. The van der Waals surface area contributed by atoms with Gasteiger partial charge in [0.1, 0.15) is 0 Å². The average Bonchev–Trinajstić information content (AvgIpc) is 2.98. The van der Waals surface area contributed by atoms with Crippen LogP contribution in [0.4, 0.5) is 0 Å². The van der Waals surface area contributed by atoms with Crippen LogP contribution in [0.3, 0.4) is 0 Å². The van der Waals surface area contributed by atoms with Crippen molar-refractivity contribution in [2.24, 2.45) is 0 Å². The number of carbonyl (C=O) groups excluding carboxylic acids is 1. The van der Waals surface area contributed by atoms with E-state index in [1.54, 1.807) is 0 Å².